The third-order valence-corrected chi connectivity index (χ3v) is 6.86. The number of hydrogen-bond donors (Lipinski definition) is 2. The molecule has 1 aromatic carbocycles. The lowest BCUT2D eigenvalue weighted by atomic mass is 9.91. The molecule has 2 N–H and O–H groups in total. The van der Waals surface area contributed by atoms with Gasteiger partial charge in [0.2, 0.25) is 11.8 Å². The molecule has 0 spiro atoms. The fraction of sp³-hybridized carbons (Fsp3) is 0.640. The highest BCUT2D eigenvalue weighted by atomic mass is 16.5. The molecule has 0 aromatic heterocycles. The van der Waals surface area contributed by atoms with E-state index < -0.39 is 5.54 Å². The average Bonchev–Trinajstić information content (AvgIpc) is 3.35. The van der Waals surface area contributed by atoms with Gasteiger partial charge < -0.3 is 20.3 Å². The number of carbonyl (C=O) groups is 3. The van der Waals surface area contributed by atoms with Gasteiger partial charge in [-0.3, -0.25) is 14.4 Å². The Morgan fingerprint density at radius 2 is 1.78 bits per heavy atom. The maximum atomic E-state index is 13.4. The van der Waals surface area contributed by atoms with E-state index in [9.17, 15) is 14.4 Å². The molecule has 1 aromatic rings. The minimum atomic E-state index is -1.00. The predicted octanol–water partition coefficient (Wildman–Crippen LogP) is 3.04. The Kier molecular flexibility index (Phi) is 8.67. The summed E-state index contributed by atoms with van der Waals surface area (Å²) in [6, 6.07) is 8.98. The first-order valence-corrected chi connectivity index (χ1v) is 12.0. The Morgan fingerprint density at radius 1 is 1.06 bits per heavy atom. The number of benzene rings is 1. The van der Waals surface area contributed by atoms with Gasteiger partial charge in [0.25, 0.3) is 5.91 Å². The van der Waals surface area contributed by atoms with Gasteiger partial charge in [-0.25, -0.2) is 0 Å². The number of carbonyl (C=O) groups excluding carboxylic acids is 3. The van der Waals surface area contributed by atoms with E-state index in [1.54, 1.807) is 29.2 Å². The highest BCUT2D eigenvalue weighted by Crippen LogP contribution is 2.25. The molecule has 32 heavy (non-hydrogen) atoms. The Morgan fingerprint density at radius 3 is 2.41 bits per heavy atom. The van der Waals surface area contributed by atoms with Gasteiger partial charge in [-0.15, -0.1) is 0 Å². The summed E-state index contributed by atoms with van der Waals surface area (Å²) in [6.07, 6.45) is 7.64. The molecule has 1 heterocycles. The Bertz CT molecular complexity index is 773. The first-order chi connectivity index (χ1) is 15.4. The van der Waals surface area contributed by atoms with E-state index in [-0.39, 0.29) is 36.4 Å². The van der Waals surface area contributed by atoms with E-state index in [1.807, 2.05) is 19.9 Å². The zero-order valence-electron chi connectivity index (χ0n) is 19.4. The second kappa shape index (κ2) is 11.5. The fourth-order valence-electron chi connectivity index (χ4n) is 4.58. The maximum absolute atomic E-state index is 13.4. The van der Waals surface area contributed by atoms with Crippen molar-refractivity contribution in [1.82, 2.24) is 15.5 Å². The summed E-state index contributed by atoms with van der Waals surface area (Å²) in [5, 5.41) is 5.92. The van der Waals surface area contributed by atoms with Gasteiger partial charge in [-0.2, -0.15) is 0 Å². The van der Waals surface area contributed by atoms with E-state index in [0.717, 1.165) is 38.5 Å². The van der Waals surface area contributed by atoms with Gasteiger partial charge in [0.05, 0.1) is 12.6 Å². The Balaban J connectivity index is 1.72. The van der Waals surface area contributed by atoms with Crippen molar-refractivity contribution < 1.29 is 19.1 Å². The second-order valence-electron chi connectivity index (χ2n) is 9.12. The summed E-state index contributed by atoms with van der Waals surface area (Å²) >= 11 is 0. The van der Waals surface area contributed by atoms with Crippen LogP contribution in [0.3, 0.4) is 0 Å². The van der Waals surface area contributed by atoms with E-state index in [0.29, 0.717) is 25.1 Å². The van der Waals surface area contributed by atoms with Crippen LogP contribution in [0.25, 0.3) is 0 Å². The Labute approximate surface area is 191 Å². The molecule has 2 atom stereocenters. The lowest BCUT2D eigenvalue weighted by Crippen LogP contribution is -2.62. The normalized spacial score (nSPS) is 20.9. The summed E-state index contributed by atoms with van der Waals surface area (Å²) in [5.41, 5.74) is -0.503. The van der Waals surface area contributed by atoms with Gasteiger partial charge >= 0.3 is 0 Å². The summed E-state index contributed by atoms with van der Waals surface area (Å²) in [6.45, 7) is 4.62. The van der Waals surface area contributed by atoms with Crippen molar-refractivity contribution in [1.29, 1.82) is 0 Å². The molecule has 3 rings (SSSR count). The number of nitrogens with one attached hydrogen (secondary N) is 2. The number of nitrogens with zero attached hydrogens (tertiary/aromatic N) is 1. The van der Waals surface area contributed by atoms with Crippen LogP contribution in [0.4, 0.5) is 0 Å². The molecule has 2 aliphatic rings. The molecular weight excluding hydrogens is 406 g/mol. The largest absolute Gasteiger partial charge is 0.376 e. The van der Waals surface area contributed by atoms with Crippen LogP contribution in [-0.2, 0) is 14.3 Å². The van der Waals surface area contributed by atoms with Gasteiger partial charge in [-0.05, 0) is 51.2 Å². The summed E-state index contributed by atoms with van der Waals surface area (Å²) in [5.74, 6) is -0.693. The molecular formula is C25H37N3O4. The van der Waals surface area contributed by atoms with Crippen LogP contribution in [0.2, 0.25) is 0 Å². The molecule has 0 unspecified atom stereocenters. The SMILES string of the molecule is CC[C@@](C)(C(=O)NC1CCCCC1)N(C[C@H]1CCCO1)C(=O)CNC(=O)c1ccccc1. The molecule has 0 radical (unpaired) electrons. The molecule has 1 aliphatic carbocycles. The average molecular weight is 444 g/mol. The highest BCUT2D eigenvalue weighted by Gasteiger charge is 2.42. The molecule has 7 heteroatoms. The standard InChI is InChI=1S/C25H37N3O4/c1-3-25(2,24(31)27-20-13-8-5-9-14-20)28(18-21-15-10-16-32-21)22(29)17-26-23(30)19-11-6-4-7-12-19/h4,6-7,11-12,20-21H,3,5,8-10,13-18H2,1-2H3,(H,26,30)(H,27,31)/t21-,25+/m1/s1. The first kappa shape index (κ1) is 24.2. The molecule has 1 aliphatic heterocycles. The first-order valence-electron chi connectivity index (χ1n) is 12.0. The number of rotatable bonds is 9. The van der Waals surface area contributed by atoms with Crippen molar-refractivity contribution in [2.45, 2.75) is 82.9 Å². The third-order valence-electron chi connectivity index (χ3n) is 6.86. The van der Waals surface area contributed by atoms with Crippen molar-refractivity contribution in [3.8, 4) is 0 Å². The molecule has 176 valence electrons. The van der Waals surface area contributed by atoms with Gasteiger partial charge in [0, 0.05) is 24.8 Å². The minimum Gasteiger partial charge on any atom is -0.376 e. The molecule has 0 bridgehead atoms. The predicted molar refractivity (Wildman–Crippen MR) is 123 cm³/mol. The van der Waals surface area contributed by atoms with Gasteiger partial charge in [-0.1, -0.05) is 44.4 Å². The number of ether oxygens (including phenoxy) is 1. The molecule has 1 saturated heterocycles. The lowest BCUT2D eigenvalue weighted by molar-refractivity contribution is -0.149. The topological polar surface area (TPSA) is 87.7 Å². The van der Waals surface area contributed by atoms with Crippen molar-refractivity contribution in [3.63, 3.8) is 0 Å². The quantitative estimate of drug-likeness (QED) is 0.614. The molecule has 3 amide bonds. The van der Waals surface area contributed by atoms with E-state index in [1.165, 1.54) is 6.42 Å². The summed E-state index contributed by atoms with van der Waals surface area (Å²) < 4.78 is 5.78. The zero-order chi connectivity index (χ0) is 23.0. The van der Waals surface area contributed by atoms with Crippen LogP contribution in [0.15, 0.2) is 30.3 Å². The molecule has 1 saturated carbocycles. The monoisotopic (exact) mass is 443 g/mol. The smallest absolute Gasteiger partial charge is 0.251 e. The second-order valence-corrected chi connectivity index (χ2v) is 9.12. The maximum Gasteiger partial charge on any atom is 0.251 e. The van der Waals surface area contributed by atoms with Crippen LogP contribution >= 0.6 is 0 Å². The van der Waals surface area contributed by atoms with Crippen LogP contribution < -0.4 is 10.6 Å². The van der Waals surface area contributed by atoms with Gasteiger partial charge in [0.1, 0.15) is 5.54 Å². The van der Waals surface area contributed by atoms with Crippen molar-refractivity contribution >= 4 is 17.7 Å². The summed E-state index contributed by atoms with van der Waals surface area (Å²) in [4.78, 5) is 40.8. The van der Waals surface area contributed by atoms with Crippen molar-refractivity contribution in [2.24, 2.45) is 0 Å². The minimum absolute atomic E-state index is 0.0860. The van der Waals surface area contributed by atoms with E-state index in [2.05, 4.69) is 10.6 Å². The fourth-order valence-corrected chi connectivity index (χ4v) is 4.58. The lowest BCUT2D eigenvalue weighted by Gasteiger charge is -2.41. The van der Waals surface area contributed by atoms with Crippen LogP contribution in [0, 0.1) is 0 Å². The number of amides is 3. The number of hydrogen-bond acceptors (Lipinski definition) is 4. The third kappa shape index (κ3) is 6.09. The van der Waals surface area contributed by atoms with Crippen molar-refractivity contribution in [3.05, 3.63) is 35.9 Å². The van der Waals surface area contributed by atoms with Gasteiger partial charge in [0.15, 0.2) is 0 Å². The molecule has 7 nitrogen and oxygen atoms in total. The van der Waals surface area contributed by atoms with E-state index >= 15 is 0 Å². The van der Waals surface area contributed by atoms with Crippen LogP contribution in [0.5, 0.6) is 0 Å². The van der Waals surface area contributed by atoms with Crippen molar-refractivity contribution in [2.75, 3.05) is 19.7 Å². The Hall–Kier alpha value is -2.41. The van der Waals surface area contributed by atoms with Crippen LogP contribution in [-0.4, -0.2) is 60.0 Å². The summed E-state index contributed by atoms with van der Waals surface area (Å²) in [7, 11) is 0. The molecule has 2 fully saturated rings. The highest BCUT2D eigenvalue weighted by molar-refractivity contribution is 5.97. The zero-order valence-corrected chi connectivity index (χ0v) is 19.4. The van der Waals surface area contributed by atoms with E-state index in [4.69, 9.17) is 4.74 Å². The van der Waals surface area contributed by atoms with Crippen LogP contribution in [0.1, 0.15) is 75.6 Å².